The lowest BCUT2D eigenvalue weighted by atomic mass is 10.2. The van der Waals surface area contributed by atoms with Crippen LogP contribution in [0.25, 0.3) is 10.9 Å². The highest BCUT2D eigenvalue weighted by atomic mass is 35.5. The molecule has 0 aliphatic carbocycles. The maximum Gasteiger partial charge on any atom is 0.0948 e. The third-order valence-corrected chi connectivity index (χ3v) is 3.70. The molecule has 5 heteroatoms. The van der Waals surface area contributed by atoms with Gasteiger partial charge in [0.25, 0.3) is 0 Å². The van der Waals surface area contributed by atoms with Gasteiger partial charge in [-0.15, -0.1) is 0 Å². The Bertz CT molecular complexity index is 764. The normalized spacial score (nSPS) is 11.2. The van der Waals surface area contributed by atoms with Crippen LogP contribution >= 0.6 is 11.6 Å². The Morgan fingerprint density at radius 1 is 1.24 bits per heavy atom. The maximum atomic E-state index is 6.20. The first kappa shape index (κ1) is 13.9. The number of rotatable bonds is 4. The van der Waals surface area contributed by atoms with Crippen molar-refractivity contribution in [3.8, 4) is 0 Å². The summed E-state index contributed by atoms with van der Waals surface area (Å²) < 4.78 is 1.95. The fraction of sp³-hybridized carbons (Fsp3) is 0.250. The van der Waals surface area contributed by atoms with Crippen LogP contribution in [0.4, 0.5) is 5.69 Å². The molecule has 0 unspecified atom stereocenters. The zero-order chi connectivity index (χ0) is 14.8. The molecule has 0 radical (unpaired) electrons. The highest BCUT2D eigenvalue weighted by Crippen LogP contribution is 2.28. The van der Waals surface area contributed by atoms with E-state index in [1.54, 1.807) is 6.20 Å². The van der Waals surface area contributed by atoms with Crippen molar-refractivity contribution in [3.05, 3.63) is 53.4 Å². The number of nitrogens with zero attached hydrogens (tertiary/aromatic N) is 3. The average Bonchev–Trinajstić information content (AvgIpc) is 2.96. The number of anilines is 1. The summed E-state index contributed by atoms with van der Waals surface area (Å²) in [6.45, 7) is 4.88. The first-order chi connectivity index (χ1) is 10.1. The molecule has 0 amide bonds. The molecule has 0 saturated heterocycles. The van der Waals surface area contributed by atoms with E-state index < -0.39 is 0 Å². The molecule has 1 N–H and O–H groups in total. The molecule has 2 aromatic heterocycles. The van der Waals surface area contributed by atoms with Crippen LogP contribution in [-0.2, 0) is 6.54 Å². The van der Waals surface area contributed by atoms with Crippen molar-refractivity contribution in [1.29, 1.82) is 0 Å². The van der Waals surface area contributed by atoms with Gasteiger partial charge in [-0.3, -0.25) is 9.67 Å². The molecule has 0 spiro atoms. The van der Waals surface area contributed by atoms with Crippen LogP contribution in [0.3, 0.4) is 0 Å². The third-order valence-electron chi connectivity index (χ3n) is 3.37. The Morgan fingerprint density at radius 2 is 2.10 bits per heavy atom. The lowest BCUT2D eigenvalue weighted by molar-refractivity contribution is 0.527. The lowest BCUT2D eigenvalue weighted by Crippen LogP contribution is -2.05. The van der Waals surface area contributed by atoms with Gasteiger partial charge in [0.05, 0.1) is 28.5 Å². The fourth-order valence-electron chi connectivity index (χ4n) is 2.23. The topological polar surface area (TPSA) is 42.7 Å². The van der Waals surface area contributed by atoms with Gasteiger partial charge in [-0.25, -0.2) is 0 Å². The first-order valence-electron chi connectivity index (χ1n) is 6.96. The van der Waals surface area contributed by atoms with Crippen molar-refractivity contribution in [2.45, 2.75) is 26.4 Å². The van der Waals surface area contributed by atoms with Gasteiger partial charge < -0.3 is 5.32 Å². The molecule has 1 aromatic carbocycles. The van der Waals surface area contributed by atoms with E-state index in [1.165, 1.54) is 0 Å². The van der Waals surface area contributed by atoms with Crippen LogP contribution in [-0.4, -0.2) is 14.8 Å². The molecule has 3 aromatic rings. The Balaban J connectivity index is 1.83. The van der Waals surface area contributed by atoms with Crippen LogP contribution in [0.15, 0.2) is 42.7 Å². The van der Waals surface area contributed by atoms with Crippen LogP contribution in [0.1, 0.15) is 25.6 Å². The van der Waals surface area contributed by atoms with Gasteiger partial charge in [0, 0.05) is 23.8 Å². The number of nitrogens with one attached hydrogen (secondary N) is 1. The van der Waals surface area contributed by atoms with E-state index in [4.69, 9.17) is 11.6 Å². The predicted molar refractivity (Wildman–Crippen MR) is 86.7 cm³/mol. The predicted octanol–water partition coefficient (Wildman–Crippen LogP) is 4.28. The summed E-state index contributed by atoms with van der Waals surface area (Å²) in [6, 6.07) is 10.1. The largest absolute Gasteiger partial charge is 0.378 e. The van der Waals surface area contributed by atoms with E-state index >= 15 is 0 Å². The van der Waals surface area contributed by atoms with E-state index in [0.29, 0.717) is 17.6 Å². The maximum absolute atomic E-state index is 6.20. The minimum absolute atomic E-state index is 0.372. The molecule has 4 nitrogen and oxygen atoms in total. The highest BCUT2D eigenvalue weighted by molar-refractivity contribution is 6.35. The number of benzene rings is 1. The Labute approximate surface area is 128 Å². The van der Waals surface area contributed by atoms with Gasteiger partial charge in [-0.05, 0) is 44.2 Å². The van der Waals surface area contributed by atoms with Gasteiger partial charge in [0.15, 0.2) is 0 Å². The Kier molecular flexibility index (Phi) is 3.80. The van der Waals surface area contributed by atoms with Gasteiger partial charge in [0.1, 0.15) is 0 Å². The summed E-state index contributed by atoms with van der Waals surface area (Å²) in [7, 11) is 0. The summed E-state index contributed by atoms with van der Waals surface area (Å²) in [5.74, 6) is 0. The standard InChI is InChI=1S/C16H17ClN4/c1-11(2)21-9-7-12(20-21)10-19-15-6-5-14(17)13-4-3-8-18-16(13)15/h3-9,11,19H,10H2,1-2H3. The highest BCUT2D eigenvalue weighted by Gasteiger charge is 2.07. The molecular formula is C16H17ClN4. The van der Waals surface area contributed by atoms with Crippen molar-refractivity contribution in [3.63, 3.8) is 0 Å². The zero-order valence-electron chi connectivity index (χ0n) is 12.0. The van der Waals surface area contributed by atoms with Gasteiger partial charge in [0.2, 0.25) is 0 Å². The quantitative estimate of drug-likeness (QED) is 0.782. The molecule has 21 heavy (non-hydrogen) atoms. The Hall–Kier alpha value is -2.07. The second-order valence-corrected chi connectivity index (χ2v) is 5.64. The summed E-state index contributed by atoms with van der Waals surface area (Å²) >= 11 is 6.20. The molecule has 3 rings (SSSR count). The van der Waals surface area contributed by atoms with Gasteiger partial charge in [-0.2, -0.15) is 5.10 Å². The number of aromatic nitrogens is 3. The lowest BCUT2D eigenvalue weighted by Gasteiger charge is -2.09. The summed E-state index contributed by atoms with van der Waals surface area (Å²) in [4.78, 5) is 4.42. The first-order valence-corrected chi connectivity index (χ1v) is 7.34. The smallest absolute Gasteiger partial charge is 0.0948 e. The molecule has 0 fully saturated rings. The van der Waals surface area contributed by atoms with Crippen molar-refractivity contribution < 1.29 is 0 Å². The molecule has 2 heterocycles. The summed E-state index contributed by atoms with van der Waals surface area (Å²) in [5.41, 5.74) is 2.85. The number of halogens is 1. The monoisotopic (exact) mass is 300 g/mol. The minimum atomic E-state index is 0.372. The number of hydrogen-bond acceptors (Lipinski definition) is 3. The summed E-state index contributed by atoms with van der Waals surface area (Å²) in [5, 5.41) is 9.59. The van der Waals surface area contributed by atoms with E-state index in [9.17, 15) is 0 Å². The van der Waals surface area contributed by atoms with Crippen LogP contribution in [0, 0.1) is 0 Å². The molecule has 0 bridgehead atoms. The molecular weight excluding hydrogens is 284 g/mol. The molecule has 0 saturated carbocycles. The molecule has 0 aliphatic rings. The van der Waals surface area contributed by atoms with Crippen molar-refractivity contribution >= 4 is 28.2 Å². The van der Waals surface area contributed by atoms with Crippen LogP contribution in [0.5, 0.6) is 0 Å². The van der Waals surface area contributed by atoms with E-state index in [0.717, 1.165) is 22.3 Å². The Morgan fingerprint density at radius 3 is 2.86 bits per heavy atom. The van der Waals surface area contributed by atoms with E-state index in [2.05, 4.69) is 29.2 Å². The van der Waals surface area contributed by atoms with Crippen LogP contribution < -0.4 is 5.32 Å². The fourth-order valence-corrected chi connectivity index (χ4v) is 2.44. The van der Waals surface area contributed by atoms with E-state index in [1.807, 2.05) is 41.2 Å². The number of hydrogen-bond donors (Lipinski definition) is 1. The number of fused-ring (bicyclic) bond motifs is 1. The van der Waals surface area contributed by atoms with Crippen molar-refractivity contribution in [2.75, 3.05) is 5.32 Å². The minimum Gasteiger partial charge on any atom is -0.378 e. The van der Waals surface area contributed by atoms with Gasteiger partial charge in [-0.1, -0.05) is 11.6 Å². The molecule has 0 atom stereocenters. The zero-order valence-corrected chi connectivity index (χ0v) is 12.8. The number of pyridine rings is 1. The molecule has 108 valence electrons. The molecule has 0 aliphatic heterocycles. The van der Waals surface area contributed by atoms with Crippen molar-refractivity contribution in [1.82, 2.24) is 14.8 Å². The summed E-state index contributed by atoms with van der Waals surface area (Å²) in [6.07, 6.45) is 3.78. The second kappa shape index (κ2) is 5.74. The van der Waals surface area contributed by atoms with Gasteiger partial charge >= 0.3 is 0 Å². The average molecular weight is 301 g/mol. The van der Waals surface area contributed by atoms with Crippen molar-refractivity contribution in [2.24, 2.45) is 0 Å². The SMILES string of the molecule is CC(C)n1ccc(CNc2ccc(Cl)c3cccnc23)n1. The van der Waals surface area contributed by atoms with E-state index in [-0.39, 0.29) is 0 Å². The van der Waals surface area contributed by atoms with Crippen LogP contribution in [0.2, 0.25) is 5.02 Å². The third kappa shape index (κ3) is 2.85. The second-order valence-electron chi connectivity index (χ2n) is 5.23.